The van der Waals surface area contributed by atoms with E-state index in [1.807, 2.05) is 19.9 Å². The number of halogens is 1. The zero-order valence-corrected chi connectivity index (χ0v) is 20.4. The monoisotopic (exact) mass is 496 g/mol. The molecule has 7 nitrogen and oxygen atoms in total. The summed E-state index contributed by atoms with van der Waals surface area (Å²) < 4.78 is 33.5. The minimum absolute atomic E-state index is 0.0245. The number of allylic oxidation sites excluding steroid dienone is 1. The van der Waals surface area contributed by atoms with Gasteiger partial charge in [-0.15, -0.1) is 11.3 Å². The fraction of sp³-hybridized carbons (Fsp3) is 0.364. The smallest absolute Gasteiger partial charge is 0.340 e. The van der Waals surface area contributed by atoms with Crippen LogP contribution in [0, 0.1) is 5.92 Å². The first-order chi connectivity index (χ1) is 15.1. The van der Waals surface area contributed by atoms with Crippen LogP contribution in [0.1, 0.15) is 40.2 Å². The molecule has 1 aromatic heterocycles. The molecule has 0 fully saturated rings. The molecular weight excluding hydrogens is 472 g/mol. The second-order valence-corrected chi connectivity index (χ2v) is 11.2. The van der Waals surface area contributed by atoms with Crippen LogP contribution in [-0.4, -0.2) is 38.8 Å². The molecule has 0 unspecified atom stereocenters. The molecule has 10 heteroatoms. The molecule has 3 rings (SSSR count). The number of amides is 1. The third-order valence-corrected chi connectivity index (χ3v) is 8.32. The lowest BCUT2D eigenvalue weighted by Gasteiger charge is -2.26. The first kappa shape index (κ1) is 24.4. The standard InChI is InChI=1S/C22H25ClN2O5S2/c1-14(2)7-8-19(26)25-10-9-17-18(13-25)31-22(20(17)21(27)30-3)32(28,29)24-12-15-5-4-6-16(23)11-15/h4-8,11,14,24H,9-10,12-13H2,1-3H3/b8-7+. The second kappa shape index (κ2) is 10.2. The van der Waals surface area contributed by atoms with Crippen molar-refractivity contribution >= 4 is 44.8 Å². The van der Waals surface area contributed by atoms with Gasteiger partial charge in [-0.25, -0.2) is 17.9 Å². The molecule has 0 aliphatic carbocycles. The number of carbonyl (C=O) groups is 2. The van der Waals surface area contributed by atoms with E-state index in [0.29, 0.717) is 34.0 Å². The quantitative estimate of drug-likeness (QED) is 0.465. The zero-order valence-electron chi connectivity index (χ0n) is 18.1. The van der Waals surface area contributed by atoms with Crippen molar-refractivity contribution in [1.82, 2.24) is 9.62 Å². The highest BCUT2D eigenvalue weighted by Gasteiger charge is 2.34. The van der Waals surface area contributed by atoms with E-state index in [0.717, 1.165) is 11.3 Å². The number of carbonyl (C=O) groups excluding carboxylic acids is 2. The SMILES string of the molecule is COC(=O)c1c(S(=O)(=O)NCc2cccc(Cl)c2)sc2c1CCN(C(=O)/C=C/C(C)C)C2. The normalized spacial score (nSPS) is 14.1. The van der Waals surface area contributed by atoms with Gasteiger partial charge in [-0.1, -0.05) is 43.7 Å². The molecule has 0 radical (unpaired) electrons. The van der Waals surface area contributed by atoms with Crippen molar-refractivity contribution in [3.8, 4) is 0 Å². The van der Waals surface area contributed by atoms with Gasteiger partial charge in [-0.05, 0) is 41.7 Å². The van der Waals surface area contributed by atoms with Crippen molar-refractivity contribution in [2.75, 3.05) is 13.7 Å². The maximum Gasteiger partial charge on any atom is 0.340 e. The third-order valence-electron chi connectivity index (χ3n) is 4.95. The Balaban J connectivity index is 1.90. The summed E-state index contributed by atoms with van der Waals surface area (Å²) in [5, 5.41) is 0.500. The maximum absolute atomic E-state index is 13.1. The average Bonchev–Trinajstić information content (AvgIpc) is 3.15. The van der Waals surface area contributed by atoms with Gasteiger partial charge in [0.1, 0.15) is 4.21 Å². The van der Waals surface area contributed by atoms with Gasteiger partial charge < -0.3 is 9.64 Å². The topological polar surface area (TPSA) is 92.8 Å². The van der Waals surface area contributed by atoms with Crippen molar-refractivity contribution in [1.29, 1.82) is 0 Å². The molecule has 1 N–H and O–H groups in total. The maximum atomic E-state index is 13.1. The molecule has 1 amide bonds. The number of esters is 1. The fourth-order valence-corrected chi connectivity index (χ4v) is 6.51. The van der Waals surface area contributed by atoms with Crippen molar-refractivity contribution in [3.05, 3.63) is 63.0 Å². The summed E-state index contributed by atoms with van der Waals surface area (Å²) in [4.78, 5) is 27.3. The van der Waals surface area contributed by atoms with E-state index < -0.39 is 16.0 Å². The van der Waals surface area contributed by atoms with Gasteiger partial charge in [-0.3, -0.25) is 4.79 Å². The number of methoxy groups -OCH3 is 1. The molecule has 172 valence electrons. The highest BCUT2D eigenvalue weighted by atomic mass is 35.5. The summed E-state index contributed by atoms with van der Waals surface area (Å²) in [6, 6.07) is 6.85. The van der Waals surface area contributed by atoms with Gasteiger partial charge in [0, 0.05) is 23.0 Å². The molecule has 0 spiro atoms. The Hall–Kier alpha value is -2.20. The molecule has 2 aromatic rings. The molecule has 0 bridgehead atoms. The molecule has 0 saturated carbocycles. The lowest BCUT2D eigenvalue weighted by molar-refractivity contribution is -0.126. The Kier molecular flexibility index (Phi) is 7.76. The minimum atomic E-state index is -4.00. The van der Waals surface area contributed by atoms with Crippen LogP contribution >= 0.6 is 22.9 Å². The number of thiophene rings is 1. The summed E-state index contributed by atoms with van der Waals surface area (Å²) in [5.41, 5.74) is 1.37. The van der Waals surface area contributed by atoms with Gasteiger partial charge in [0.15, 0.2) is 0 Å². The predicted octanol–water partition coefficient (Wildman–Crippen LogP) is 3.76. The van der Waals surface area contributed by atoms with Gasteiger partial charge in [0.25, 0.3) is 10.0 Å². The highest BCUT2D eigenvalue weighted by molar-refractivity contribution is 7.91. The number of benzene rings is 1. The molecule has 2 heterocycles. The van der Waals surface area contributed by atoms with Crippen LogP contribution in [0.15, 0.2) is 40.6 Å². The van der Waals surface area contributed by atoms with Crippen LogP contribution in [-0.2, 0) is 39.1 Å². The van der Waals surface area contributed by atoms with E-state index >= 15 is 0 Å². The van der Waals surface area contributed by atoms with Crippen LogP contribution < -0.4 is 4.72 Å². The van der Waals surface area contributed by atoms with E-state index in [1.54, 1.807) is 29.2 Å². The number of sulfonamides is 1. The number of hydrogen-bond acceptors (Lipinski definition) is 6. The lowest BCUT2D eigenvalue weighted by Crippen LogP contribution is -2.34. The Morgan fingerprint density at radius 2 is 2.09 bits per heavy atom. The third kappa shape index (κ3) is 5.58. The van der Waals surface area contributed by atoms with E-state index in [-0.39, 0.29) is 34.7 Å². The van der Waals surface area contributed by atoms with Crippen LogP contribution in [0.5, 0.6) is 0 Å². The number of hydrogen-bond donors (Lipinski definition) is 1. The zero-order chi connectivity index (χ0) is 23.5. The van der Waals surface area contributed by atoms with Gasteiger partial charge >= 0.3 is 5.97 Å². The fourth-order valence-electron chi connectivity index (χ4n) is 3.34. The number of nitrogens with zero attached hydrogens (tertiary/aromatic N) is 1. The summed E-state index contributed by atoms with van der Waals surface area (Å²) in [5.74, 6) is -0.597. The van der Waals surface area contributed by atoms with Crippen LogP contribution in [0.2, 0.25) is 5.02 Å². The molecular formula is C22H25ClN2O5S2. The second-order valence-electron chi connectivity index (χ2n) is 7.73. The van der Waals surface area contributed by atoms with E-state index in [9.17, 15) is 18.0 Å². The largest absolute Gasteiger partial charge is 0.465 e. The predicted molar refractivity (Wildman–Crippen MR) is 124 cm³/mol. The minimum Gasteiger partial charge on any atom is -0.465 e. The van der Waals surface area contributed by atoms with Crippen molar-refractivity contribution < 1.29 is 22.7 Å². The Labute approximate surface area is 197 Å². The van der Waals surface area contributed by atoms with E-state index in [1.165, 1.54) is 13.2 Å². The molecule has 1 aromatic carbocycles. The highest BCUT2D eigenvalue weighted by Crippen LogP contribution is 2.36. The van der Waals surface area contributed by atoms with Crippen molar-refractivity contribution in [3.63, 3.8) is 0 Å². The number of fused-ring (bicyclic) bond motifs is 1. The Morgan fingerprint density at radius 1 is 1.34 bits per heavy atom. The molecule has 32 heavy (non-hydrogen) atoms. The van der Waals surface area contributed by atoms with Crippen molar-refractivity contribution in [2.45, 2.75) is 37.6 Å². The van der Waals surface area contributed by atoms with Crippen LogP contribution in [0.3, 0.4) is 0 Å². The number of nitrogens with one attached hydrogen (secondary N) is 1. The lowest BCUT2D eigenvalue weighted by atomic mass is 10.0. The van der Waals surface area contributed by atoms with Gasteiger partial charge in [0.05, 0.1) is 19.2 Å². The van der Waals surface area contributed by atoms with Crippen molar-refractivity contribution in [2.24, 2.45) is 5.92 Å². The molecule has 1 aliphatic rings. The summed E-state index contributed by atoms with van der Waals surface area (Å²) >= 11 is 6.97. The first-order valence-electron chi connectivity index (χ1n) is 10.1. The van der Waals surface area contributed by atoms with Gasteiger partial charge in [0.2, 0.25) is 5.91 Å². The number of ether oxygens (including phenoxy) is 1. The van der Waals surface area contributed by atoms with Crippen LogP contribution in [0.25, 0.3) is 0 Å². The van der Waals surface area contributed by atoms with E-state index in [2.05, 4.69) is 4.72 Å². The number of rotatable bonds is 7. The Morgan fingerprint density at radius 3 is 2.75 bits per heavy atom. The first-order valence-corrected chi connectivity index (χ1v) is 12.7. The average molecular weight is 497 g/mol. The molecule has 0 atom stereocenters. The van der Waals surface area contributed by atoms with Gasteiger partial charge in [-0.2, -0.15) is 0 Å². The summed E-state index contributed by atoms with van der Waals surface area (Å²) in [6.07, 6.45) is 3.73. The molecule has 1 aliphatic heterocycles. The molecule has 0 saturated heterocycles. The van der Waals surface area contributed by atoms with E-state index in [4.69, 9.17) is 16.3 Å². The van der Waals surface area contributed by atoms with Crippen LogP contribution in [0.4, 0.5) is 0 Å². The summed E-state index contributed by atoms with van der Waals surface area (Å²) in [7, 11) is -2.78. The summed E-state index contributed by atoms with van der Waals surface area (Å²) in [6.45, 7) is 4.62. The Bertz CT molecular complexity index is 1160.